The van der Waals surface area contributed by atoms with Gasteiger partial charge in [-0.1, -0.05) is 36.4 Å². The van der Waals surface area contributed by atoms with Gasteiger partial charge < -0.3 is 9.84 Å². The third-order valence-corrected chi connectivity index (χ3v) is 5.19. The zero-order chi connectivity index (χ0) is 16.7. The number of hydrogen-bond donors (Lipinski definition) is 1. The Morgan fingerprint density at radius 1 is 1.12 bits per heavy atom. The van der Waals surface area contributed by atoms with Crippen LogP contribution in [0.4, 0.5) is 0 Å². The van der Waals surface area contributed by atoms with E-state index in [-0.39, 0.29) is 17.8 Å². The number of ketones is 1. The first-order valence-corrected chi connectivity index (χ1v) is 8.22. The number of benzene rings is 1. The summed E-state index contributed by atoms with van der Waals surface area (Å²) in [4.78, 5) is 24.4. The van der Waals surface area contributed by atoms with Gasteiger partial charge in [0.25, 0.3) is 0 Å². The minimum absolute atomic E-state index is 0.0141. The second kappa shape index (κ2) is 5.78. The minimum Gasteiger partial charge on any atom is -0.489 e. The van der Waals surface area contributed by atoms with Crippen LogP contribution in [0.1, 0.15) is 24.3 Å². The molecular weight excluding hydrogens is 304 g/mol. The summed E-state index contributed by atoms with van der Waals surface area (Å²) in [7, 11) is 0. The number of ether oxygens (including phenoxy) is 1. The quantitative estimate of drug-likeness (QED) is 0.868. The van der Waals surface area contributed by atoms with Crippen molar-refractivity contribution in [2.75, 3.05) is 0 Å². The summed E-state index contributed by atoms with van der Waals surface area (Å²) >= 11 is 0. The van der Waals surface area contributed by atoms with Gasteiger partial charge in [0.2, 0.25) is 0 Å². The highest BCUT2D eigenvalue weighted by Gasteiger charge is 2.44. The van der Waals surface area contributed by atoms with Crippen molar-refractivity contribution in [3.8, 4) is 0 Å². The summed E-state index contributed by atoms with van der Waals surface area (Å²) in [6.45, 7) is 0. The molecule has 122 valence electrons. The van der Waals surface area contributed by atoms with Crippen LogP contribution in [0, 0.1) is 11.8 Å². The van der Waals surface area contributed by atoms with Crippen molar-refractivity contribution in [1.82, 2.24) is 0 Å². The average Bonchev–Trinajstić information content (AvgIpc) is 3.16. The lowest BCUT2D eigenvalue weighted by molar-refractivity contribution is -0.149. The van der Waals surface area contributed by atoms with E-state index in [9.17, 15) is 14.7 Å². The van der Waals surface area contributed by atoms with Crippen LogP contribution >= 0.6 is 0 Å². The van der Waals surface area contributed by atoms with Gasteiger partial charge in [-0.2, -0.15) is 0 Å². The fourth-order valence-electron chi connectivity index (χ4n) is 4.02. The fourth-order valence-corrected chi connectivity index (χ4v) is 4.02. The van der Waals surface area contributed by atoms with Gasteiger partial charge in [0, 0.05) is 0 Å². The Morgan fingerprint density at radius 3 is 2.62 bits per heavy atom. The van der Waals surface area contributed by atoms with Crippen LogP contribution in [0.25, 0.3) is 0 Å². The van der Waals surface area contributed by atoms with Crippen molar-refractivity contribution in [3.05, 3.63) is 71.5 Å². The summed E-state index contributed by atoms with van der Waals surface area (Å²) in [5, 5.41) is 9.40. The Morgan fingerprint density at radius 2 is 1.92 bits per heavy atom. The van der Waals surface area contributed by atoms with Crippen LogP contribution in [0.15, 0.2) is 66.0 Å². The Balaban J connectivity index is 1.73. The zero-order valence-corrected chi connectivity index (χ0v) is 13.1. The molecule has 0 spiro atoms. The maximum absolute atomic E-state index is 12.9. The molecule has 1 saturated carbocycles. The predicted octanol–water partition coefficient (Wildman–Crippen LogP) is 3.23. The van der Waals surface area contributed by atoms with Gasteiger partial charge in [-0.25, -0.2) is 0 Å². The Labute approximate surface area is 140 Å². The summed E-state index contributed by atoms with van der Waals surface area (Å²) < 4.78 is 5.50. The number of carboxylic acids is 1. The van der Waals surface area contributed by atoms with Crippen LogP contribution in [0.5, 0.6) is 0 Å². The molecule has 4 nitrogen and oxygen atoms in total. The van der Waals surface area contributed by atoms with E-state index in [1.165, 1.54) is 0 Å². The number of rotatable bonds is 3. The van der Waals surface area contributed by atoms with Crippen molar-refractivity contribution >= 4 is 11.8 Å². The molecule has 0 bridgehead atoms. The van der Waals surface area contributed by atoms with E-state index in [2.05, 4.69) is 0 Å². The van der Waals surface area contributed by atoms with Crippen molar-refractivity contribution < 1.29 is 19.4 Å². The van der Waals surface area contributed by atoms with Gasteiger partial charge in [-0.3, -0.25) is 9.59 Å². The van der Waals surface area contributed by atoms with Crippen molar-refractivity contribution in [2.24, 2.45) is 11.8 Å². The minimum atomic E-state index is -1.01. The lowest BCUT2D eigenvalue weighted by Gasteiger charge is -2.34. The highest BCUT2D eigenvalue weighted by molar-refractivity contribution is 6.02. The predicted molar refractivity (Wildman–Crippen MR) is 88.2 cm³/mol. The Hall–Kier alpha value is -2.62. The van der Waals surface area contributed by atoms with Crippen LogP contribution in [-0.2, 0) is 14.3 Å². The number of allylic oxidation sites excluding steroid dienone is 2. The normalized spacial score (nSPS) is 31.2. The van der Waals surface area contributed by atoms with Gasteiger partial charge >= 0.3 is 5.97 Å². The second-order valence-electron chi connectivity index (χ2n) is 6.54. The number of aliphatic carboxylic acids is 1. The fraction of sp³-hybridized carbons (Fsp3) is 0.300. The van der Waals surface area contributed by atoms with E-state index in [1.54, 1.807) is 6.26 Å². The highest BCUT2D eigenvalue weighted by Crippen LogP contribution is 2.45. The maximum Gasteiger partial charge on any atom is 0.314 e. The van der Waals surface area contributed by atoms with Crippen LogP contribution in [0.2, 0.25) is 0 Å². The van der Waals surface area contributed by atoms with E-state index in [4.69, 9.17) is 4.74 Å². The molecule has 2 aliphatic carbocycles. The molecule has 0 aromatic heterocycles. The number of fused-ring (bicyclic) bond motifs is 1. The van der Waals surface area contributed by atoms with Gasteiger partial charge in [-0.05, 0) is 47.6 Å². The van der Waals surface area contributed by atoms with E-state index < -0.39 is 17.8 Å². The number of hydrogen-bond acceptors (Lipinski definition) is 3. The standard InChI is InChI=1S/C20H18O4/c21-19-16(20(22)23)7-6-15(12-4-2-1-3-5-12)18(19)14-10-13-8-9-24-17(13)11-14/h1-5,8-11,15-18H,6-7H2,(H,22,23). The topological polar surface area (TPSA) is 63.6 Å². The molecule has 1 N–H and O–H groups in total. The number of carboxylic acid groups (broad SMARTS) is 1. The first-order chi connectivity index (χ1) is 11.6. The summed E-state index contributed by atoms with van der Waals surface area (Å²) in [5.41, 5.74) is 3.01. The van der Waals surface area contributed by atoms with E-state index in [0.717, 1.165) is 16.7 Å². The molecule has 0 saturated heterocycles. The van der Waals surface area contributed by atoms with Crippen LogP contribution in [-0.4, -0.2) is 23.0 Å². The first kappa shape index (κ1) is 14.9. The summed E-state index contributed by atoms with van der Waals surface area (Å²) in [6, 6.07) is 9.91. The molecule has 4 atom stereocenters. The van der Waals surface area contributed by atoms with Crippen LogP contribution in [0.3, 0.4) is 0 Å². The lowest BCUT2D eigenvalue weighted by Crippen LogP contribution is -2.38. The monoisotopic (exact) mass is 322 g/mol. The molecule has 1 aromatic rings. The van der Waals surface area contributed by atoms with Gasteiger partial charge in [0.05, 0.1) is 12.2 Å². The number of carbonyl (C=O) groups is 2. The first-order valence-electron chi connectivity index (χ1n) is 8.22. The molecule has 0 radical (unpaired) electrons. The van der Waals surface area contributed by atoms with Crippen molar-refractivity contribution in [2.45, 2.75) is 24.9 Å². The molecule has 4 unspecified atom stereocenters. The molecule has 1 fully saturated rings. The van der Waals surface area contributed by atoms with Gasteiger partial charge in [-0.15, -0.1) is 0 Å². The summed E-state index contributed by atoms with van der Waals surface area (Å²) in [6.07, 6.45) is 8.45. The molecule has 4 rings (SSSR count). The van der Waals surface area contributed by atoms with Crippen molar-refractivity contribution in [3.63, 3.8) is 0 Å². The van der Waals surface area contributed by atoms with E-state index in [1.807, 2.05) is 48.6 Å². The largest absolute Gasteiger partial charge is 0.489 e. The Bertz CT molecular complexity index is 772. The average molecular weight is 322 g/mol. The highest BCUT2D eigenvalue weighted by atomic mass is 16.5. The number of Topliss-reactive ketones (excluding diaryl/α,β-unsaturated/α-hetero) is 1. The molecule has 4 heteroatoms. The third-order valence-electron chi connectivity index (χ3n) is 5.19. The van der Waals surface area contributed by atoms with Crippen molar-refractivity contribution in [1.29, 1.82) is 0 Å². The molecule has 1 aromatic carbocycles. The van der Waals surface area contributed by atoms with Gasteiger partial charge in [0.1, 0.15) is 12.0 Å². The molecule has 1 aliphatic heterocycles. The van der Waals surface area contributed by atoms with Gasteiger partial charge in [0.15, 0.2) is 5.78 Å². The lowest BCUT2D eigenvalue weighted by atomic mass is 9.67. The molecule has 24 heavy (non-hydrogen) atoms. The van der Waals surface area contributed by atoms with Crippen LogP contribution < -0.4 is 0 Å². The smallest absolute Gasteiger partial charge is 0.314 e. The molecule has 3 aliphatic rings. The molecule has 1 heterocycles. The Kier molecular flexibility index (Phi) is 3.60. The third kappa shape index (κ3) is 2.39. The number of carbonyl (C=O) groups excluding carboxylic acids is 1. The van der Waals surface area contributed by atoms with E-state index in [0.29, 0.717) is 12.8 Å². The maximum atomic E-state index is 12.9. The van der Waals surface area contributed by atoms with E-state index >= 15 is 0 Å². The zero-order valence-electron chi connectivity index (χ0n) is 13.1. The molecule has 0 amide bonds. The molecular formula is C20H18O4. The second-order valence-corrected chi connectivity index (χ2v) is 6.54. The SMILES string of the molecule is O=C(O)C1CCC(c2ccccc2)C(C2=CC3OC=CC3=C2)C1=O. The summed E-state index contributed by atoms with van der Waals surface area (Å²) in [5.74, 6) is -2.52.